The van der Waals surface area contributed by atoms with Crippen molar-refractivity contribution in [1.29, 1.82) is 0 Å². The SMILES string of the molecule is O=S(=O)(c1cnc(Cl)c(Cl)c1)N(CCO)C1CCCCC1. The minimum Gasteiger partial charge on any atom is -0.395 e. The Hall–Kier alpha value is -0.400. The molecule has 0 bridgehead atoms. The number of hydrogen-bond acceptors (Lipinski definition) is 4. The number of sulfonamides is 1. The lowest BCUT2D eigenvalue weighted by molar-refractivity contribution is 0.199. The van der Waals surface area contributed by atoms with Gasteiger partial charge < -0.3 is 5.11 Å². The van der Waals surface area contributed by atoms with Gasteiger partial charge in [0.1, 0.15) is 10.0 Å². The van der Waals surface area contributed by atoms with Crippen LogP contribution in [0.15, 0.2) is 17.2 Å². The molecule has 21 heavy (non-hydrogen) atoms. The smallest absolute Gasteiger partial charge is 0.244 e. The second kappa shape index (κ2) is 7.24. The topological polar surface area (TPSA) is 70.5 Å². The van der Waals surface area contributed by atoms with Crippen LogP contribution in [0.4, 0.5) is 0 Å². The summed E-state index contributed by atoms with van der Waals surface area (Å²) in [4.78, 5) is 3.81. The molecule has 0 unspecified atom stereocenters. The molecule has 8 heteroatoms. The quantitative estimate of drug-likeness (QED) is 0.827. The lowest BCUT2D eigenvalue weighted by atomic mass is 9.95. The molecule has 0 saturated heterocycles. The zero-order valence-corrected chi connectivity index (χ0v) is 13.8. The van der Waals surface area contributed by atoms with Gasteiger partial charge in [-0.2, -0.15) is 4.31 Å². The number of aromatic nitrogens is 1. The highest BCUT2D eigenvalue weighted by Crippen LogP contribution is 2.29. The van der Waals surface area contributed by atoms with E-state index in [1.54, 1.807) is 0 Å². The molecule has 1 aromatic heterocycles. The zero-order chi connectivity index (χ0) is 15.5. The lowest BCUT2D eigenvalue weighted by Crippen LogP contribution is -2.43. The van der Waals surface area contributed by atoms with Crippen molar-refractivity contribution in [3.05, 3.63) is 22.4 Å². The molecule has 2 rings (SSSR count). The van der Waals surface area contributed by atoms with Gasteiger partial charge in [0.25, 0.3) is 0 Å². The van der Waals surface area contributed by atoms with Crippen LogP contribution in [-0.4, -0.2) is 42.0 Å². The van der Waals surface area contributed by atoms with Crippen LogP contribution in [0.1, 0.15) is 32.1 Å². The number of rotatable bonds is 5. The zero-order valence-electron chi connectivity index (χ0n) is 11.5. The molecule has 1 aliphatic rings. The molecule has 0 aromatic carbocycles. The summed E-state index contributed by atoms with van der Waals surface area (Å²) in [6.45, 7) is -0.141. The summed E-state index contributed by atoms with van der Waals surface area (Å²) in [7, 11) is -3.73. The van der Waals surface area contributed by atoms with Gasteiger partial charge in [-0.25, -0.2) is 13.4 Å². The maximum absolute atomic E-state index is 12.8. The van der Waals surface area contributed by atoms with Crippen LogP contribution in [0.3, 0.4) is 0 Å². The molecule has 118 valence electrons. The van der Waals surface area contributed by atoms with E-state index < -0.39 is 10.0 Å². The molecular weight excluding hydrogens is 335 g/mol. The van der Waals surface area contributed by atoms with Gasteiger partial charge in [0.2, 0.25) is 10.0 Å². The highest BCUT2D eigenvalue weighted by Gasteiger charge is 2.32. The Bertz CT molecular complexity index is 589. The van der Waals surface area contributed by atoms with Crippen molar-refractivity contribution in [2.75, 3.05) is 13.2 Å². The summed E-state index contributed by atoms with van der Waals surface area (Å²) >= 11 is 11.6. The van der Waals surface area contributed by atoms with Gasteiger partial charge in [-0.15, -0.1) is 0 Å². The third-order valence-corrected chi connectivity index (χ3v) is 6.28. The lowest BCUT2D eigenvalue weighted by Gasteiger charge is -2.32. The first kappa shape index (κ1) is 17.0. The minimum absolute atomic E-state index is 0.0101. The van der Waals surface area contributed by atoms with E-state index in [0.717, 1.165) is 32.1 Å². The molecule has 1 aliphatic carbocycles. The Labute approximate surface area is 134 Å². The fourth-order valence-electron chi connectivity index (χ4n) is 2.65. The predicted octanol–water partition coefficient (Wildman–Crippen LogP) is 2.70. The van der Waals surface area contributed by atoms with Crippen LogP contribution in [0.5, 0.6) is 0 Å². The van der Waals surface area contributed by atoms with Gasteiger partial charge >= 0.3 is 0 Å². The van der Waals surface area contributed by atoms with Crippen molar-refractivity contribution >= 4 is 33.2 Å². The summed E-state index contributed by atoms with van der Waals surface area (Å²) in [5.41, 5.74) is 0. The summed E-state index contributed by atoms with van der Waals surface area (Å²) in [6, 6.07) is 1.23. The molecule has 0 atom stereocenters. The molecule has 1 heterocycles. The number of aliphatic hydroxyl groups is 1. The van der Waals surface area contributed by atoms with Crippen molar-refractivity contribution in [3.8, 4) is 0 Å². The number of nitrogens with zero attached hydrogens (tertiary/aromatic N) is 2. The molecule has 1 N–H and O–H groups in total. The molecule has 1 aromatic rings. The third-order valence-electron chi connectivity index (χ3n) is 3.68. The Morgan fingerprint density at radius 3 is 2.52 bits per heavy atom. The second-order valence-corrected chi connectivity index (χ2v) is 7.73. The van der Waals surface area contributed by atoms with Crippen LogP contribution in [-0.2, 0) is 10.0 Å². The van der Waals surface area contributed by atoms with E-state index in [0.29, 0.717) is 0 Å². The van der Waals surface area contributed by atoms with Crippen LogP contribution >= 0.6 is 23.2 Å². The average Bonchev–Trinajstić information content (AvgIpc) is 2.48. The number of halogens is 2. The molecule has 0 aliphatic heterocycles. The van der Waals surface area contributed by atoms with E-state index in [1.165, 1.54) is 16.6 Å². The first-order valence-corrected chi connectivity index (χ1v) is 9.10. The summed E-state index contributed by atoms with van der Waals surface area (Å²) in [6.07, 6.45) is 5.96. The molecular formula is C13H18Cl2N2O3S. The van der Waals surface area contributed by atoms with E-state index in [9.17, 15) is 13.5 Å². The molecule has 0 radical (unpaired) electrons. The van der Waals surface area contributed by atoms with Crippen LogP contribution in [0, 0.1) is 0 Å². The Balaban J connectivity index is 2.34. The van der Waals surface area contributed by atoms with Crippen LogP contribution in [0.2, 0.25) is 10.2 Å². The predicted molar refractivity (Wildman–Crippen MR) is 82.1 cm³/mol. The Morgan fingerprint density at radius 1 is 1.29 bits per heavy atom. The maximum atomic E-state index is 12.8. The number of aliphatic hydroxyl groups excluding tert-OH is 1. The highest BCUT2D eigenvalue weighted by molar-refractivity contribution is 7.89. The van der Waals surface area contributed by atoms with Crippen LogP contribution in [0.25, 0.3) is 0 Å². The van der Waals surface area contributed by atoms with E-state index in [4.69, 9.17) is 23.2 Å². The molecule has 5 nitrogen and oxygen atoms in total. The van der Waals surface area contributed by atoms with Crippen molar-refractivity contribution in [2.45, 2.75) is 43.0 Å². The molecule has 1 fully saturated rings. The summed E-state index contributed by atoms with van der Waals surface area (Å²) in [5, 5.41) is 9.38. The third kappa shape index (κ3) is 3.87. The molecule has 0 amide bonds. The minimum atomic E-state index is -3.73. The first-order valence-electron chi connectivity index (χ1n) is 6.90. The van der Waals surface area contributed by atoms with Crippen molar-refractivity contribution in [1.82, 2.24) is 9.29 Å². The second-order valence-electron chi connectivity index (χ2n) is 5.07. The molecule has 0 spiro atoms. The van der Waals surface area contributed by atoms with E-state index in [1.807, 2.05) is 0 Å². The van der Waals surface area contributed by atoms with E-state index in [-0.39, 0.29) is 34.3 Å². The van der Waals surface area contributed by atoms with Gasteiger partial charge in [-0.1, -0.05) is 42.5 Å². The van der Waals surface area contributed by atoms with Gasteiger partial charge in [-0.3, -0.25) is 0 Å². The fraction of sp³-hybridized carbons (Fsp3) is 0.615. The monoisotopic (exact) mass is 352 g/mol. The fourth-order valence-corrected chi connectivity index (χ4v) is 4.63. The van der Waals surface area contributed by atoms with Gasteiger partial charge in [-0.05, 0) is 18.9 Å². The van der Waals surface area contributed by atoms with Crippen molar-refractivity contribution in [3.63, 3.8) is 0 Å². The van der Waals surface area contributed by atoms with Crippen molar-refractivity contribution in [2.24, 2.45) is 0 Å². The Kier molecular flexibility index (Phi) is 5.85. The molecule has 1 saturated carbocycles. The first-order chi connectivity index (χ1) is 9.96. The van der Waals surface area contributed by atoms with Crippen molar-refractivity contribution < 1.29 is 13.5 Å². The normalized spacial score (nSPS) is 17.3. The number of pyridine rings is 1. The van der Waals surface area contributed by atoms with E-state index in [2.05, 4.69) is 4.98 Å². The van der Waals surface area contributed by atoms with Gasteiger partial charge in [0.15, 0.2) is 0 Å². The average molecular weight is 353 g/mol. The van der Waals surface area contributed by atoms with Gasteiger partial charge in [0, 0.05) is 18.8 Å². The highest BCUT2D eigenvalue weighted by atomic mass is 35.5. The van der Waals surface area contributed by atoms with Crippen LogP contribution < -0.4 is 0 Å². The Morgan fingerprint density at radius 2 is 1.95 bits per heavy atom. The number of hydrogen-bond donors (Lipinski definition) is 1. The van der Waals surface area contributed by atoms with Gasteiger partial charge in [0.05, 0.1) is 11.6 Å². The van der Waals surface area contributed by atoms with E-state index >= 15 is 0 Å². The summed E-state index contributed by atoms with van der Waals surface area (Å²) < 4.78 is 26.9. The standard InChI is InChI=1S/C13H18Cl2N2O3S/c14-12-8-11(9-16-13(12)15)21(19,20)17(6-7-18)10-4-2-1-3-5-10/h8-10,18H,1-7H2. The largest absolute Gasteiger partial charge is 0.395 e. The summed E-state index contributed by atoms with van der Waals surface area (Å²) in [5.74, 6) is 0. The maximum Gasteiger partial charge on any atom is 0.244 e.